The number of amides is 1. The first-order valence-corrected chi connectivity index (χ1v) is 13.8. The summed E-state index contributed by atoms with van der Waals surface area (Å²) in [7, 11) is 0. The van der Waals surface area contributed by atoms with Crippen LogP contribution in [0.4, 0.5) is 0 Å². The van der Waals surface area contributed by atoms with E-state index in [-0.39, 0.29) is 17.2 Å². The third kappa shape index (κ3) is 7.20. The van der Waals surface area contributed by atoms with Crippen LogP contribution in [0.1, 0.15) is 22.2 Å². The molecule has 0 aliphatic carbocycles. The Labute approximate surface area is 214 Å². The first kappa shape index (κ1) is 25.5. The molecule has 0 bridgehead atoms. The summed E-state index contributed by atoms with van der Waals surface area (Å²) < 4.78 is 5.20. The smallest absolute Gasteiger partial charge is 0.308 e. The number of esters is 1. The number of carbonyl (C=O) groups is 2. The number of fused-ring (bicyclic) bond motifs is 1. The number of hydrogen-bond donors (Lipinski definition) is 2. The van der Waals surface area contributed by atoms with Gasteiger partial charge in [0.05, 0.1) is 5.56 Å². The fraction of sp³-hybridized carbons (Fsp3) is 0.385. The summed E-state index contributed by atoms with van der Waals surface area (Å²) in [5, 5.41) is 16.8. The van der Waals surface area contributed by atoms with Crippen LogP contribution >= 0.6 is 23.1 Å². The highest BCUT2D eigenvalue weighted by Crippen LogP contribution is 2.31. The zero-order chi connectivity index (χ0) is 24.6. The molecule has 1 amide bonds. The van der Waals surface area contributed by atoms with Gasteiger partial charge >= 0.3 is 5.97 Å². The highest BCUT2D eigenvalue weighted by atomic mass is 32.2. The second-order valence-corrected chi connectivity index (χ2v) is 10.6. The molecule has 3 aromatic rings. The first-order chi connectivity index (χ1) is 17.0. The van der Waals surface area contributed by atoms with Crippen molar-refractivity contribution in [2.75, 3.05) is 51.6 Å². The van der Waals surface area contributed by atoms with E-state index in [1.54, 1.807) is 18.2 Å². The Balaban J connectivity index is 1.19. The Kier molecular flexibility index (Phi) is 9.03. The minimum atomic E-state index is -0.437. The highest BCUT2D eigenvalue weighted by Gasteiger charge is 2.18. The number of phenols is 1. The first-order valence-electron chi connectivity index (χ1n) is 11.8. The number of rotatable bonds is 10. The SMILES string of the molecule is CC(=O)Oc1cccc2cc(C(=O)NCCN3CCN(CCSCc4cccs4)CC3)c(O)cc12. The number of ether oxygens (including phenoxy) is 1. The fourth-order valence-corrected chi connectivity index (χ4v) is 5.97. The van der Waals surface area contributed by atoms with Gasteiger partial charge in [-0.3, -0.25) is 19.4 Å². The summed E-state index contributed by atoms with van der Waals surface area (Å²) in [6.07, 6.45) is 0. The Morgan fingerprint density at radius 2 is 1.86 bits per heavy atom. The van der Waals surface area contributed by atoms with Crippen molar-refractivity contribution in [2.45, 2.75) is 12.7 Å². The molecule has 1 aliphatic heterocycles. The third-order valence-corrected chi connectivity index (χ3v) is 8.06. The molecule has 1 saturated heterocycles. The second-order valence-electron chi connectivity index (χ2n) is 8.51. The van der Waals surface area contributed by atoms with E-state index in [1.807, 2.05) is 29.2 Å². The van der Waals surface area contributed by atoms with Gasteiger partial charge in [0.2, 0.25) is 0 Å². The molecule has 2 N–H and O–H groups in total. The van der Waals surface area contributed by atoms with E-state index in [1.165, 1.54) is 17.9 Å². The average Bonchev–Trinajstić information content (AvgIpc) is 3.36. The van der Waals surface area contributed by atoms with Crippen LogP contribution in [0.15, 0.2) is 47.8 Å². The number of carbonyl (C=O) groups excluding carboxylic acids is 2. The van der Waals surface area contributed by atoms with Crippen molar-refractivity contribution in [3.63, 3.8) is 0 Å². The quantitative estimate of drug-likeness (QED) is 0.242. The number of benzene rings is 2. The molecule has 0 atom stereocenters. The lowest BCUT2D eigenvalue weighted by molar-refractivity contribution is -0.131. The van der Waals surface area contributed by atoms with Crippen molar-refractivity contribution < 1.29 is 19.4 Å². The van der Waals surface area contributed by atoms with Crippen LogP contribution < -0.4 is 10.1 Å². The molecule has 2 aromatic carbocycles. The molecule has 0 saturated carbocycles. The summed E-state index contributed by atoms with van der Waals surface area (Å²) in [6, 6.07) is 12.6. The Bertz CT molecular complexity index is 1140. The summed E-state index contributed by atoms with van der Waals surface area (Å²) in [6.45, 7) is 7.80. The molecule has 1 fully saturated rings. The van der Waals surface area contributed by atoms with Gasteiger partial charge in [-0.05, 0) is 35.0 Å². The van der Waals surface area contributed by atoms with Crippen LogP contribution in [0.5, 0.6) is 11.5 Å². The molecule has 1 aromatic heterocycles. The summed E-state index contributed by atoms with van der Waals surface area (Å²) >= 11 is 3.81. The predicted octanol–water partition coefficient (Wildman–Crippen LogP) is 3.81. The Morgan fingerprint density at radius 1 is 1.09 bits per heavy atom. The lowest BCUT2D eigenvalue weighted by Gasteiger charge is -2.34. The maximum absolute atomic E-state index is 12.7. The topological polar surface area (TPSA) is 82.1 Å². The summed E-state index contributed by atoms with van der Waals surface area (Å²) in [5.41, 5.74) is 0.211. The number of piperazine rings is 1. The van der Waals surface area contributed by atoms with Gasteiger partial charge in [0.25, 0.3) is 5.91 Å². The van der Waals surface area contributed by atoms with Crippen LogP contribution in [0.25, 0.3) is 10.8 Å². The standard InChI is InChI=1S/C26H31N3O4S2/c1-19(30)33-25-6-2-4-20-16-23(24(31)17-22(20)25)26(32)27-7-8-28-9-11-29(12-10-28)13-15-34-18-21-5-3-14-35-21/h2-6,14,16-17,31H,7-13,15,18H2,1H3,(H,27,32). The number of thioether (sulfide) groups is 1. The van der Waals surface area contributed by atoms with Crippen molar-refractivity contribution in [2.24, 2.45) is 0 Å². The molecule has 2 heterocycles. The molecule has 9 heteroatoms. The van der Waals surface area contributed by atoms with Gasteiger partial charge in [0.1, 0.15) is 11.5 Å². The molecule has 186 valence electrons. The molecular formula is C26H31N3O4S2. The minimum absolute atomic E-state index is 0.139. The van der Waals surface area contributed by atoms with Crippen molar-refractivity contribution in [3.8, 4) is 11.5 Å². The highest BCUT2D eigenvalue weighted by molar-refractivity contribution is 7.98. The second kappa shape index (κ2) is 12.4. The van der Waals surface area contributed by atoms with Crippen LogP contribution in [0.2, 0.25) is 0 Å². The van der Waals surface area contributed by atoms with Crippen LogP contribution in [0, 0.1) is 0 Å². The van der Waals surface area contributed by atoms with Crippen LogP contribution in [0.3, 0.4) is 0 Å². The van der Waals surface area contributed by atoms with Gasteiger partial charge in [0.15, 0.2) is 0 Å². The molecular weight excluding hydrogens is 482 g/mol. The van der Waals surface area contributed by atoms with Gasteiger partial charge in [-0.15, -0.1) is 11.3 Å². The zero-order valence-corrected chi connectivity index (χ0v) is 21.5. The number of aromatic hydroxyl groups is 1. The lowest BCUT2D eigenvalue weighted by Crippen LogP contribution is -2.48. The number of hydrogen-bond acceptors (Lipinski definition) is 8. The largest absolute Gasteiger partial charge is 0.507 e. The normalized spacial score (nSPS) is 14.8. The monoisotopic (exact) mass is 513 g/mol. The Morgan fingerprint density at radius 3 is 2.57 bits per heavy atom. The lowest BCUT2D eigenvalue weighted by atomic mass is 10.0. The van der Waals surface area contributed by atoms with E-state index in [2.05, 4.69) is 32.6 Å². The Hall–Kier alpha value is -2.59. The molecule has 7 nitrogen and oxygen atoms in total. The third-order valence-electron chi connectivity index (χ3n) is 6.01. The van der Waals surface area contributed by atoms with Gasteiger partial charge in [0, 0.05) is 74.5 Å². The van der Waals surface area contributed by atoms with Crippen molar-refractivity contribution in [1.29, 1.82) is 0 Å². The maximum atomic E-state index is 12.7. The van der Waals surface area contributed by atoms with E-state index >= 15 is 0 Å². The van der Waals surface area contributed by atoms with Gasteiger partial charge in [-0.25, -0.2) is 0 Å². The summed E-state index contributed by atoms with van der Waals surface area (Å²) in [4.78, 5) is 30.3. The number of thiophene rings is 1. The molecule has 4 rings (SSSR count). The van der Waals surface area contributed by atoms with E-state index < -0.39 is 5.97 Å². The maximum Gasteiger partial charge on any atom is 0.308 e. The van der Waals surface area contributed by atoms with Gasteiger partial charge < -0.3 is 15.2 Å². The molecule has 35 heavy (non-hydrogen) atoms. The van der Waals surface area contributed by atoms with E-state index in [0.29, 0.717) is 17.7 Å². The average molecular weight is 514 g/mol. The molecule has 0 unspecified atom stereocenters. The van der Waals surface area contributed by atoms with Gasteiger partial charge in [-0.2, -0.15) is 11.8 Å². The molecule has 1 aliphatic rings. The van der Waals surface area contributed by atoms with E-state index in [0.717, 1.165) is 56.2 Å². The number of phenolic OH excluding ortho intramolecular Hbond substituents is 1. The summed E-state index contributed by atoms with van der Waals surface area (Å²) in [5.74, 6) is 1.71. The van der Waals surface area contributed by atoms with E-state index in [4.69, 9.17) is 4.74 Å². The van der Waals surface area contributed by atoms with Crippen molar-refractivity contribution in [1.82, 2.24) is 15.1 Å². The van der Waals surface area contributed by atoms with Crippen molar-refractivity contribution in [3.05, 3.63) is 58.3 Å². The minimum Gasteiger partial charge on any atom is -0.507 e. The van der Waals surface area contributed by atoms with Crippen LogP contribution in [-0.2, 0) is 10.5 Å². The molecule has 0 radical (unpaired) electrons. The number of nitrogens with one attached hydrogen (secondary N) is 1. The van der Waals surface area contributed by atoms with E-state index in [9.17, 15) is 14.7 Å². The number of nitrogens with zero attached hydrogens (tertiary/aromatic N) is 2. The van der Waals surface area contributed by atoms with Crippen LogP contribution in [-0.4, -0.2) is 78.3 Å². The predicted molar refractivity (Wildman–Crippen MR) is 143 cm³/mol. The zero-order valence-electron chi connectivity index (χ0n) is 19.9. The van der Waals surface area contributed by atoms with Crippen molar-refractivity contribution >= 4 is 45.7 Å². The fourth-order valence-electron chi connectivity index (χ4n) is 4.13. The van der Waals surface area contributed by atoms with Gasteiger partial charge in [-0.1, -0.05) is 18.2 Å². The molecule has 0 spiro atoms.